The highest BCUT2D eigenvalue weighted by molar-refractivity contribution is 4.94. The Hall–Kier alpha value is -0.180. The van der Waals surface area contributed by atoms with Gasteiger partial charge in [0.2, 0.25) is 0 Å². The van der Waals surface area contributed by atoms with Crippen LogP contribution in [0.4, 0.5) is 8.78 Å². The summed E-state index contributed by atoms with van der Waals surface area (Å²) < 4.78 is 24.4. The molecule has 0 unspecified atom stereocenters. The fourth-order valence-corrected chi connectivity index (χ4v) is 1.06. The molecule has 1 aliphatic heterocycles. The molecular formula is C6H11F2N. The lowest BCUT2D eigenvalue weighted by atomic mass is 9.99. The maximum atomic E-state index is 12.7. The van der Waals surface area contributed by atoms with Crippen LogP contribution in [0, 0.1) is 0 Å². The molecule has 0 radical (unpaired) electrons. The summed E-state index contributed by atoms with van der Waals surface area (Å²) in [5.74, 6) is 0. The zero-order chi connectivity index (χ0) is 6.91. The van der Waals surface area contributed by atoms with Crippen molar-refractivity contribution in [2.75, 3.05) is 26.3 Å². The third-order valence-corrected chi connectivity index (χ3v) is 1.70. The van der Waals surface area contributed by atoms with Gasteiger partial charge in [-0.05, 0) is 6.54 Å². The molecule has 0 saturated carbocycles. The minimum atomic E-state index is -1.50. The molecule has 1 fully saturated rings. The minimum Gasteiger partial charge on any atom is -0.297 e. The van der Waals surface area contributed by atoms with E-state index in [4.69, 9.17) is 0 Å². The van der Waals surface area contributed by atoms with Crippen LogP contribution in [-0.4, -0.2) is 36.9 Å². The second kappa shape index (κ2) is 2.21. The van der Waals surface area contributed by atoms with Crippen LogP contribution in [0.25, 0.3) is 0 Å². The van der Waals surface area contributed by atoms with Gasteiger partial charge >= 0.3 is 0 Å². The molecule has 54 valence electrons. The third kappa shape index (κ3) is 1.21. The molecule has 1 rings (SSSR count). The van der Waals surface area contributed by atoms with Crippen LogP contribution >= 0.6 is 0 Å². The summed E-state index contributed by atoms with van der Waals surface area (Å²) in [7, 11) is 0. The first-order valence-electron chi connectivity index (χ1n) is 3.17. The first-order chi connectivity index (χ1) is 4.20. The minimum absolute atomic E-state index is 0.278. The van der Waals surface area contributed by atoms with Gasteiger partial charge in [0.25, 0.3) is 0 Å². The summed E-state index contributed by atoms with van der Waals surface area (Å²) in [6.07, 6.45) is 0. The maximum absolute atomic E-state index is 12.7. The predicted molar refractivity (Wildman–Crippen MR) is 31.9 cm³/mol. The fraction of sp³-hybridized carbons (Fsp3) is 1.00. The Labute approximate surface area is 53.6 Å². The standard InChI is InChI=1S/C6H11F2N/c1-2-9-4-6(8,3-7)5-9/h2-5H2,1H3. The molecule has 1 aliphatic rings. The molecule has 1 saturated heterocycles. The van der Waals surface area contributed by atoms with Gasteiger partial charge in [-0.25, -0.2) is 8.78 Å². The molecule has 1 heterocycles. The van der Waals surface area contributed by atoms with Crippen molar-refractivity contribution in [1.29, 1.82) is 0 Å². The smallest absolute Gasteiger partial charge is 0.164 e. The van der Waals surface area contributed by atoms with E-state index in [0.717, 1.165) is 6.54 Å². The number of nitrogens with zero attached hydrogens (tertiary/aromatic N) is 1. The molecule has 0 aliphatic carbocycles. The molecule has 1 nitrogen and oxygen atoms in total. The Kier molecular flexibility index (Phi) is 1.70. The van der Waals surface area contributed by atoms with Crippen molar-refractivity contribution >= 4 is 0 Å². The van der Waals surface area contributed by atoms with Gasteiger partial charge in [-0.3, -0.25) is 4.90 Å². The molecule has 9 heavy (non-hydrogen) atoms. The zero-order valence-corrected chi connectivity index (χ0v) is 5.53. The van der Waals surface area contributed by atoms with E-state index in [1.165, 1.54) is 0 Å². The monoisotopic (exact) mass is 135 g/mol. The average molecular weight is 135 g/mol. The Bertz CT molecular complexity index is 99.2. The van der Waals surface area contributed by atoms with E-state index < -0.39 is 12.3 Å². The van der Waals surface area contributed by atoms with Crippen LogP contribution < -0.4 is 0 Å². The number of halogens is 2. The van der Waals surface area contributed by atoms with Crippen molar-refractivity contribution in [3.8, 4) is 0 Å². The van der Waals surface area contributed by atoms with Gasteiger partial charge in [0.1, 0.15) is 6.67 Å². The van der Waals surface area contributed by atoms with Crippen LogP contribution in [0.5, 0.6) is 0 Å². The SMILES string of the molecule is CCN1CC(F)(CF)C1. The van der Waals surface area contributed by atoms with Crippen LogP contribution in [0.15, 0.2) is 0 Å². The highest BCUT2D eigenvalue weighted by atomic mass is 19.2. The van der Waals surface area contributed by atoms with E-state index in [1.54, 1.807) is 0 Å². The van der Waals surface area contributed by atoms with Gasteiger partial charge < -0.3 is 0 Å². The highest BCUT2D eigenvalue weighted by Crippen LogP contribution is 2.24. The normalized spacial score (nSPS) is 25.7. The van der Waals surface area contributed by atoms with Gasteiger partial charge in [-0.2, -0.15) is 0 Å². The van der Waals surface area contributed by atoms with Crippen LogP contribution in [-0.2, 0) is 0 Å². The summed E-state index contributed by atoms with van der Waals surface area (Å²) in [6, 6.07) is 0. The molecular weight excluding hydrogens is 124 g/mol. The van der Waals surface area contributed by atoms with Crippen molar-refractivity contribution in [3.63, 3.8) is 0 Å². The third-order valence-electron chi connectivity index (χ3n) is 1.70. The maximum Gasteiger partial charge on any atom is 0.164 e. The summed E-state index contributed by atoms with van der Waals surface area (Å²) in [5, 5.41) is 0. The van der Waals surface area contributed by atoms with E-state index in [1.807, 2.05) is 11.8 Å². The largest absolute Gasteiger partial charge is 0.297 e. The lowest BCUT2D eigenvalue weighted by molar-refractivity contribution is -0.0442. The van der Waals surface area contributed by atoms with Crippen LogP contribution in [0.1, 0.15) is 6.92 Å². The van der Waals surface area contributed by atoms with E-state index in [2.05, 4.69) is 0 Å². The average Bonchev–Trinajstić information content (AvgIpc) is 1.81. The molecule has 0 amide bonds. The molecule has 3 heteroatoms. The Morgan fingerprint density at radius 3 is 2.44 bits per heavy atom. The topological polar surface area (TPSA) is 3.24 Å². The number of hydrogen-bond acceptors (Lipinski definition) is 1. The van der Waals surface area contributed by atoms with Gasteiger partial charge in [-0.1, -0.05) is 6.92 Å². The van der Waals surface area contributed by atoms with Gasteiger partial charge in [0, 0.05) is 13.1 Å². The first kappa shape index (κ1) is 6.93. The van der Waals surface area contributed by atoms with E-state index in [0.29, 0.717) is 0 Å². The van der Waals surface area contributed by atoms with Crippen molar-refractivity contribution in [2.45, 2.75) is 12.6 Å². The summed E-state index contributed by atoms with van der Waals surface area (Å²) >= 11 is 0. The molecule has 0 atom stereocenters. The first-order valence-corrected chi connectivity index (χ1v) is 3.17. The quantitative estimate of drug-likeness (QED) is 0.546. The van der Waals surface area contributed by atoms with Crippen molar-refractivity contribution in [1.82, 2.24) is 4.90 Å². The Morgan fingerprint density at radius 1 is 1.56 bits per heavy atom. The summed E-state index contributed by atoms with van der Waals surface area (Å²) in [6.45, 7) is 2.49. The number of rotatable bonds is 2. The predicted octanol–water partition coefficient (Wildman–Crippen LogP) is 1.000. The number of likely N-dealkylation sites (tertiary alicyclic amines) is 1. The second-order valence-electron chi connectivity index (χ2n) is 2.59. The lowest BCUT2D eigenvalue weighted by Crippen LogP contribution is -2.59. The number of hydrogen-bond donors (Lipinski definition) is 0. The Morgan fingerprint density at radius 2 is 2.11 bits per heavy atom. The number of alkyl halides is 2. The van der Waals surface area contributed by atoms with Crippen LogP contribution in [0.2, 0.25) is 0 Å². The Balaban J connectivity index is 2.24. The highest BCUT2D eigenvalue weighted by Gasteiger charge is 2.42. The summed E-state index contributed by atoms with van der Waals surface area (Å²) in [4.78, 5) is 1.87. The molecule has 0 spiro atoms. The lowest BCUT2D eigenvalue weighted by Gasteiger charge is -2.42. The molecule has 0 aromatic heterocycles. The zero-order valence-electron chi connectivity index (χ0n) is 5.53. The van der Waals surface area contributed by atoms with Crippen LogP contribution in [0.3, 0.4) is 0 Å². The van der Waals surface area contributed by atoms with E-state index in [9.17, 15) is 8.78 Å². The van der Waals surface area contributed by atoms with Gasteiger partial charge in [0.15, 0.2) is 5.67 Å². The summed E-state index contributed by atoms with van der Waals surface area (Å²) in [5.41, 5.74) is -1.50. The van der Waals surface area contributed by atoms with E-state index in [-0.39, 0.29) is 13.1 Å². The van der Waals surface area contributed by atoms with E-state index >= 15 is 0 Å². The molecule has 0 aromatic carbocycles. The second-order valence-corrected chi connectivity index (χ2v) is 2.59. The van der Waals surface area contributed by atoms with Crippen molar-refractivity contribution < 1.29 is 8.78 Å². The molecule has 0 N–H and O–H groups in total. The molecule has 0 bridgehead atoms. The fourth-order valence-electron chi connectivity index (χ4n) is 1.06. The van der Waals surface area contributed by atoms with Crippen molar-refractivity contribution in [3.05, 3.63) is 0 Å². The van der Waals surface area contributed by atoms with Crippen molar-refractivity contribution in [2.24, 2.45) is 0 Å². The molecule has 0 aromatic rings. The van der Waals surface area contributed by atoms with Gasteiger partial charge in [-0.15, -0.1) is 0 Å². The van der Waals surface area contributed by atoms with Gasteiger partial charge in [0.05, 0.1) is 0 Å².